The van der Waals surface area contributed by atoms with E-state index in [4.69, 9.17) is 4.74 Å². The molecule has 0 aliphatic heterocycles. The lowest BCUT2D eigenvalue weighted by atomic mass is 10.2. The number of hydrogen-bond acceptors (Lipinski definition) is 3. The Hall–Kier alpha value is -1.11. The Bertz CT molecular complexity index is 420. The minimum absolute atomic E-state index is 0.274. The zero-order chi connectivity index (χ0) is 12.8. The average Bonchev–Trinajstić information content (AvgIpc) is 2.29. The molecule has 0 radical (unpaired) electrons. The SMILES string of the molecule is CCOC(=O)C(C)NC(=O)c1cccc(I)c1. The molecule has 0 heterocycles. The summed E-state index contributed by atoms with van der Waals surface area (Å²) >= 11 is 2.13. The van der Waals surface area contributed by atoms with E-state index in [1.807, 2.05) is 6.07 Å². The number of carbonyl (C=O) groups excluding carboxylic acids is 2. The summed E-state index contributed by atoms with van der Waals surface area (Å²) in [5.41, 5.74) is 0.535. The number of halogens is 1. The molecule has 5 heteroatoms. The zero-order valence-electron chi connectivity index (χ0n) is 9.70. The second-order valence-corrected chi connectivity index (χ2v) is 4.70. The molecule has 92 valence electrons. The fraction of sp³-hybridized carbons (Fsp3) is 0.333. The van der Waals surface area contributed by atoms with Crippen LogP contribution in [0.5, 0.6) is 0 Å². The van der Waals surface area contributed by atoms with Gasteiger partial charge in [0.2, 0.25) is 0 Å². The van der Waals surface area contributed by atoms with Crippen LogP contribution in [0.15, 0.2) is 24.3 Å². The number of nitrogens with one attached hydrogen (secondary N) is 1. The first kappa shape index (κ1) is 14.0. The van der Waals surface area contributed by atoms with E-state index in [9.17, 15) is 9.59 Å². The highest BCUT2D eigenvalue weighted by atomic mass is 127. The molecule has 4 nitrogen and oxygen atoms in total. The van der Waals surface area contributed by atoms with Crippen LogP contribution in [-0.2, 0) is 9.53 Å². The van der Waals surface area contributed by atoms with Crippen molar-refractivity contribution in [2.75, 3.05) is 6.61 Å². The second-order valence-electron chi connectivity index (χ2n) is 3.46. The maximum atomic E-state index is 11.8. The highest BCUT2D eigenvalue weighted by molar-refractivity contribution is 14.1. The van der Waals surface area contributed by atoms with Gasteiger partial charge in [0.25, 0.3) is 5.91 Å². The van der Waals surface area contributed by atoms with Crippen molar-refractivity contribution in [3.05, 3.63) is 33.4 Å². The van der Waals surface area contributed by atoms with Crippen LogP contribution in [-0.4, -0.2) is 24.5 Å². The van der Waals surface area contributed by atoms with E-state index >= 15 is 0 Å². The minimum atomic E-state index is -0.639. The minimum Gasteiger partial charge on any atom is -0.464 e. The third-order valence-electron chi connectivity index (χ3n) is 2.07. The van der Waals surface area contributed by atoms with Gasteiger partial charge in [-0.05, 0) is 54.6 Å². The number of amides is 1. The molecule has 0 aliphatic rings. The summed E-state index contributed by atoms with van der Waals surface area (Å²) in [6.45, 7) is 3.64. The molecule has 0 spiro atoms. The van der Waals surface area contributed by atoms with Crippen LogP contribution in [0.2, 0.25) is 0 Å². The standard InChI is InChI=1S/C12H14INO3/c1-3-17-12(16)8(2)14-11(15)9-5-4-6-10(13)7-9/h4-8H,3H2,1-2H3,(H,14,15). The molecule has 0 aromatic heterocycles. The van der Waals surface area contributed by atoms with E-state index in [0.29, 0.717) is 12.2 Å². The lowest BCUT2D eigenvalue weighted by molar-refractivity contribution is -0.144. The van der Waals surface area contributed by atoms with Crippen molar-refractivity contribution < 1.29 is 14.3 Å². The van der Waals surface area contributed by atoms with Gasteiger partial charge in [-0.15, -0.1) is 0 Å². The number of benzene rings is 1. The summed E-state index contributed by atoms with van der Waals surface area (Å²) < 4.78 is 5.78. The maximum absolute atomic E-state index is 11.8. The van der Waals surface area contributed by atoms with Crippen molar-refractivity contribution in [2.24, 2.45) is 0 Å². The zero-order valence-corrected chi connectivity index (χ0v) is 11.9. The Morgan fingerprint density at radius 3 is 2.76 bits per heavy atom. The van der Waals surface area contributed by atoms with Crippen molar-refractivity contribution in [2.45, 2.75) is 19.9 Å². The summed E-state index contributed by atoms with van der Waals surface area (Å²) in [5, 5.41) is 2.59. The van der Waals surface area contributed by atoms with E-state index in [1.165, 1.54) is 0 Å². The molecule has 1 amide bonds. The predicted octanol–water partition coefficient (Wildman–Crippen LogP) is 1.97. The lowest BCUT2D eigenvalue weighted by Gasteiger charge is -2.12. The first-order chi connectivity index (χ1) is 8.04. The van der Waals surface area contributed by atoms with Gasteiger partial charge in [-0.1, -0.05) is 6.07 Å². The summed E-state index contributed by atoms with van der Waals surface area (Å²) in [4.78, 5) is 23.1. The number of carbonyl (C=O) groups is 2. The molecule has 0 saturated heterocycles. The molecule has 0 aliphatic carbocycles. The number of ether oxygens (including phenoxy) is 1. The predicted molar refractivity (Wildman–Crippen MR) is 72.7 cm³/mol. The highest BCUT2D eigenvalue weighted by Gasteiger charge is 2.17. The van der Waals surface area contributed by atoms with Gasteiger partial charge >= 0.3 is 5.97 Å². The Morgan fingerprint density at radius 2 is 2.18 bits per heavy atom. The van der Waals surface area contributed by atoms with Crippen LogP contribution in [0.3, 0.4) is 0 Å². The summed E-state index contributed by atoms with van der Waals surface area (Å²) in [7, 11) is 0. The van der Waals surface area contributed by atoms with Gasteiger partial charge in [0, 0.05) is 9.13 Å². The first-order valence-electron chi connectivity index (χ1n) is 5.27. The molecule has 0 bridgehead atoms. The van der Waals surface area contributed by atoms with Gasteiger partial charge in [-0.2, -0.15) is 0 Å². The lowest BCUT2D eigenvalue weighted by Crippen LogP contribution is -2.39. The molecule has 1 atom stereocenters. The molecule has 1 unspecified atom stereocenters. The quantitative estimate of drug-likeness (QED) is 0.669. The molecule has 1 aromatic carbocycles. The Morgan fingerprint density at radius 1 is 1.47 bits per heavy atom. The smallest absolute Gasteiger partial charge is 0.328 e. The van der Waals surface area contributed by atoms with Crippen molar-refractivity contribution >= 4 is 34.5 Å². The number of hydrogen-bond donors (Lipinski definition) is 1. The Balaban J connectivity index is 2.63. The van der Waals surface area contributed by atoms with Crippen LogP contribution < -0.4 is 5.32 Å². The Kier molecular flexibility index (Phi) is 5.40. The van der Waals surface area contributed by atoms with Gasteiger partial charge in [-0.3, -0.25) is 4.79 Å². The maximum Gasteiger partial charge on any atom is 0.328 e. The second kappa shape index (κ2) is 6.58. The van der Waals surface area contributed by atoms with Crippen molar-refractivity contribution in [1.29, 1.82) is 0 Å². The molecular weight excluding hydrogens is 333 g/mol. The summed E-state index contributed by atoms with van der Waals surface area (Å²) in [6.07, 6.45) is 0. The van der Waals surface area contributed by atoms with Crippen LogP contribution in [0, 0.1) is 3.57 Å². The summed E-state index contributed by atoms with van der Waals surface area (Å²) in [5.74, 6) is -0.699. The topological polar surface area (TPSA) is 55.4 Å². The first-order valence-corrected chi connectivity index (χ1v) is 6.35. The molecular formula is C12H14INO3. The molecule has 1 N–H and O–H groups in total. The molecule has 1 aromatic rings. The van der Waals surface area contributed by atoms with Crippen LogP contribution >= 0.6 is 22.6 Å². The van der Waals surface area contributed by atoms with Gasteiger partial charge in [-0.25, -0.2) is 4.79 Å². The van der Waals surface area contributed by atoms with Crippen LogP contribution in [0.1, 0.15) is 24.2 Å². The van der Waals surface area contributed by atoms with E-state index in [1.54, 1.807) is 32.0 Å². The largest absolute Gasteiger partial charge is 0.464 e. The van der Waals surface area contributed by atoms with Crippen molar-refractivity contribution in [1.82, 2.24) is 5.32 Å². The molecule has 17 heavy (non-hydrogen) atoms. The fourth-order valence-electron chi connectivity index (χ4n) is 1.24. The van der Waals surface area contributed by atoms with E-state index in [-0.39, 0.29) is 5.91 Å². The van der Waals surface area contributed by atoms with Crippen LogP contribution in [0.4, 0.5) is 0 Å². The molecule has 0 saturated carbocycles. The van der Waals surface area contributed by atoms with E-state index in [2.05, 4.69) is 27.9 Å². The van der Waals surface area contributed by atoms with Crippen molar-refractivity contribution in [3.63, 3.8) is 0 Å². The van der Waals surface area contributed by atoms with Crippen molar-refractivity contribution in [3.8, 4) is 0 Å². The third-order valence-corrected chi connectivity index (χ3v) is 2.75. The summed E-state index contributed by atoms with van der Waals surface area (Å²) in [6, 6.07) is 6.52. The normalized spacial score (nSPS) is 11.7. The molecule has 1 rings (SSSR count). The highest BCUT2D eigenvalue weighted by Crippen LogP contribution is 2.07. The number of rotatable bonds is 4. The monoisotopic (exact) mass is 347 g/mol. The molecule has 0 fully saturated rings. The average molecular weight is 347 g/mol. The van der Waals surface area contributed by atoms with Crippen LogP contribution in [0.25, 0.3) is 0 Å². The third kappa shape index (κ3) is 4.33. The van der Waals surface area contributed by atoms with Gasteiger partial charge < -0.3 is 10.1 Å². The fourth-order valence-corrected chi connectivity index (χ4v) is 1.78. The van der Waals surface area contributed by atoms with E-state index < -0.39 is 12.0 Å². The van der Waals surface area contributed by atoms with Gasteiger partial charge in [0.15, 0.2) is 0 Å². The van der Waals surface area contributed by atoms with Gasteiger partial charge in [0.05, 0.1) is 6.61 Å². The van der Waals surface area contributed by atoms with Gasteiger partial charge in [0.1, 0.15) is 6.04 Å². The number of esters is 1. The Labute approximate surface area is 114 Å². The van der Waals surface area contributed by atoms with E-state index in [0.717, 1.165) is 3.57 Å².